The highest BCUT2D eigenvalue weighted by Crippen LogP contribution is 2.35. The highest BCUT2D eigenvalue weighted by molar-refractivity contribution is 5.85. The molecule has 0 aromatic carbocycles. The summed E-state index contributed by atoms with van der Waals surface area (Å²) >= 11 is 0. The molecular weight excluding hydrogens is 363 g/mol. The minimum atomic E-state index is 0. The van der Waals surface area contributed by atoms with Gasteiger partial charge < -0.3 is 15.6 Å². The normalized spacial score (nSPS) is 22.6. The molecule has 9 heteroatoms. The summed E-state index contributed by atoms with van der Waals surface area (Å²) in [5, 5.41) is 7.31. The zero-order valence-electron chi connectivity index (χ0n) is 13.9. The molecular formula is C16H24Cl2N6O. The van der Waals surface area contributed by atoms with E-state index in [0.29, 0.717) is 30.2 Å². The summed E-state index contributed by atoms with van der Waals surface area (Å²) in [5.41, 5.74) is 6.91. The Kier molecular flexibility index (Phi) is 6.98. The summed E-state index contributed by atoms with van der Waals surface area (Å²) in [7, 11) is 0. The van der Waals surface area contributed by atoms with Gasteiger partial charge in [0.15, 0.2) is 5.82 Å². The molecule has 4 rings (SSSR count). The molecule has 0 amide bonds. The molecule has 3 N–H and O–H groups in total. The van der Waals surface area contributed by atoms with Crippen molar-refractivity contribution in [2.45, 2.75) is 62.9 Å². The quantitative estimate of drug-likeness (QED) is 0.812. The Balaban J connectivity index is 0.00000113. The lowest BCUT2D eigenvalue weighted by Gasteiger charge is -2.31. The van der Waals surface area contributed by atoms with Crippen molar-refractivity contribution in [3.05, 3.63) is 29.8 Å². The first-order valence-corrected chi connectivity index (χ1v) is 8.42. The van der Waals surface area contributed by atoms with Crippen molar-refractivity contribution >= 4 is 30.6 Å². The molecule has 0 unspecified atom stereocenters. The number of nitrogens with zero attached hydrogens (tertiary/aromatic N) is 4. The van der Waals surface area contributed by atoms with E-state index in [4.69, 9.17) is 10.3 Å². The van der Waals surface area contributed by atoms with E-state index in [0.717, 1.165) is 43.1 Å². The van der Waals surface area contributed by atoms with Crippen molar-refractivity contribution in [3.8, 4) is 0 Å². The molecule has 2 aliphatic rings. The second kappa shape index (κ2) is 8.78. The van der Waals surface area contributed by atoms with E-state index in [9.17, 15) is 0 Å². The van der Waals surface area contributed by atoms with Gasteiger partial charge in [-0.1, -0.05) is 18.0 Å². The summed E-state index contributed by atoms with van der Waals surface area (Å²) < 4.78 is 5.39. The Morgan fingerprint density at radius 2 is 1.88 bits per heavy atom. The number of rotatable bonds is 5. The zero-order valence-corrected chi connectivity index (χ0v) is 15.6. The maximum Gasteiger partial charge on any atom is 0.229 e. The molecule has 2 aliphatic carbocycles. The molecule has 0 aliphatic heterocycles. The number of nitrogens with two attached hydrogens (primary N) is 1. The van der Waals surface area contributed by atoms with E-state index in [-0.39, 0.29) is 24.8 Å². The SMILES string of the molecule is Cl.Cl.NC1CC(c2cc(NCc3noc(C4CCCC4)n3)ncn2)C1. The number of hydrogen-bond donors (Lipinski definition) is 2. The Morgan fingerprint density at radius 3 is 2.60 bits per heavy atom. The molecule has 0 atom stereocenters. The largest absolute Gasteiger partial charge is 0.363 e. The molecule has 7 nitrogen and oxygen atoms in total. The van der Waals surface area contributed by atoms with Crippen molar-refractivity contribution in [1.82, 2.24) is 20.1 Å². The van der Waals surface area contributed by atoms with Crippen molar-refractivity contribution in [3.63, 3.8) is 0 Å². The van der Waals surface area contributed by atoms with Crippen LogP contribution in [0.15, 0.2) is 16.9 Å². The van der Waals surface area contributed by atoms with Crippen LogP contribution >= 0.6 is 24.8 Å². The first-order valence-electron chi connectivity index (χ1n) is 8.42. The lowest BCUT2D eigenvalue weighted by atomic mass is 9.79. The van der Waals surface area contributed by atoms with E-state index in [1.807, 2.05) is 6.07 Å². The molecule has 138 valence electrons. The van der Waals surface area contributed by atoms with Gasteiger partial charge in [-0.05, 0) is 25.7 Å². The van der Waals surface area contributed by atoms with Gasteiger partial charge >= 0.3 is 0 Å². The molecule has 2 fully saturated rings. The fraction of sp³-hybridized carbons (Fsp3) is 0.625. The molecule has 25 heavy (non-hydrogen) atoms. The van der Waals surface area contributed by atoms with Gasteiger partial charge in [-0.15, -0.1) is 24.8 Å². The minimum Gasteiger partial charge on any atom is -0.363 e. The standard InChI is InChI=1S/C16H22N6O.2ClH/c17-12-5-11(6-12)13-7-14(20-9-19-13)18-8-15-21-16(23-22-15)10-3-1-2-4-10;;/h7,9-12H,1-6,8,17H2,(H,18,19,20);2*1H. The molecule has 0 saturated heterocycles. The minimum absolute atomic E-state index is 0. The van der Waals surface area contributed by atoms with Gasteiger partial charge in [0.05, 0.1) is 6.54 Å². The maximum absolute atomic E-state index is 5.85. The Hall–Kier alpha value is -1.44. The highest BCUT2D eigenvalue weighted by atomic mass is 35.5. The number of anilines is 1. The van der Waals surface area contributed by atoms with Crippen LogP contribution in [0, 0.1) is 0 Å². The van der Waals surface area contributed by atoms with Gasteiger partial charge in [0.2, 0.25) is 5.89 Å². The zero-order chi connectivity index (χ0) is 15.6. The topological polar surface area (TPSA) is 103 Å². The van der Waals surface area contributed by atoms with E-state index in [2.05, 4.69) is 25.4 Å². The molecule has 0 spiro atoms. The van der Waals surface area contributed by atoms with Crippen LogP contribution in [-0.4, -0.2) is 26.2 Å². The molecule has 2 heterocycles. The van der Waals surface area contributed by atoms with Crippen molar-refractivity contribution in [2.75, 3.05) is 5.32 Å². The second-order valence-electron chi connectivity index (χ2n) is 6.64. The van der Waals surface area contributed by atoms with E-state index in [1.54, 1.807) is 6.33 Å². The predicted octanol–water partition coefficient (Wildman–Crippen LogP) is 3.18. The van der Waals surface area contributed by atoms with Crippen LogP contribution in [0.1, 0.15) is 67.8 Å². The summed E-state index contributed by atoms with van der Waals surface area (Å²) in [6, 6.07) is 2.31. The number of aromatic nitrogens is 4. The first kappa shape index (κ1) is 19.9. The van der Waals surface area contributed by atoms with Crippen LogP contribution < -0.4 is 11.1 Å². The average molecular weight is 387 g/mol. The fourth-order valence-corrected chi connectivity index (χ4v) is 3.44. The van der Waals surface area contributed by atoms with Gasteiger partial charge in [0.1, 0.15) is 12.1 Å². The fourth-order valence-electron chi connectivity index (χ4n) is 3.44. The van der Waals surface area contributed by atoms with Crippen molar-refractivity contribution in [2.24, 2.45) is 5.73 Å². The van der Waals surface area contributed by atoms with Gasteiger partial charge in [-0.2, -0.15) is 4.98 Å². The van der Waals surface area contributed by atoms with Gasteiger partial charge in [0.25, 0.3) is 0 Å². The van der Waals surface area contributed by atoms with Crippen LogP contribution in [0.3, 0.4) is 0 Å². The van der Waals surface area contributed by atoms with E-state index in [1.165, 1.54) is 12.8 Å². The maximum atomic E-state index is 5.85. The summed E-state index contributed by atoms with van der Waals surface area (Å²) in [4.78, 5) is 13.1. The molecule has 0 radical (unpaired) electrons. The third-order valence-electron chi connectivity index (χ3n) is 4.90. The number of nitrogens with one attached hydrogen (secondary N) is 1. The monoisotopic (exact) mass is 386 g/mol. The summed E-state index contributed by atoms with van der Waals surface area (Å²) in [5.74, 6) is 3.17. The lowest BCUT2D eigenvalue weighted by Crippen LogP contribution is -2.35. The number of halogens is 2. The van der Waals surface area contributed by atoms with Gasteiger partial charge in [-0.3, -0.25) is 0 Å². The molecule has 2 aromatic rings. The van der Waals surface area contributed by atoms with Crippen LogP contribution in [0.2, 0.25) is 0 Å². The van der Waals surface area contributed by atoms with Crippen LogP contribution in [0.25, 0.3) is 0 Å². The average Bonchev–Trinajstić information content (AvgIpc) is 3.21. The molecule has 0 bridgehead atoms. The third-order valence-corrected chi connectivity index (χ3v) is 4.90. The summed E-state index contributed by atoms with van der Waals surface area (Å²) in [6.45, 7) is 0.511. The highest BCUT2D eigenvalue weighted by Gasteiger charge is 2.28. The van der Waals surface area contributed by atoms with E-state index < -0.39 is 0 Å². The third kappa shape index (κ3) is 4.59. The second-order valence-corrected chi connectivity index (χ2v) is 6.64. The van der Waals surface area contributed by atoms with E-state index >= 15 is 0 Å². The Bertz CT molecular complexity index is 670. The van der Waals surface area contributed by atoms with Crippen LogP contribution in [0.5, 0.6) is 0 Å². The lowest BCUT2D eigenvalue weighted by molar-refractivity contribution is 0.345. The van der Waals surface area contributed by atoms with Crippen LogP contribution in [-0.2, 0) is 6.54 Å². The van der Waals surface area contributed by atoms with Gasteiger partial charge in [0, 0.05) is 29.6 Å². The number of hydrogen-bond acceptors (Lipinski definition) is 7. The van der Waals surface area contributed by atoms with Crippen molar-refractivity contribution < 1.29 is 4.52 Å². The first-order chi connectivity index (χ1) is 11.3. The Labute approximate surface area is 159 Å². The van der Waals surface area contributed by atoms with Crippen LogP contribution in [0.4, 0.5) is 5.82 Å². The van der Waals surface area contributed by atoms with Crippen molar-refractivity contribution in [1.29, 1.82) is 0 Å². The Morgan fingerprint density at radius 1 is 1.12 bits per heavy atom. The van der Waals surface area contributed by atoms with Gasteiger partial charge in [-0.25, -0.2) is 9.97 Å². The summed E-state index contributed by atoms with van der Waals surface area (Å²) in [6.07, 6.45) is 8.45. The smallest absolute Gasteiger partial charge is 0.229 e. The molecule has 2 aromatic heterocycles. The predicted molar refractivity (Wildman–Crippen MR) is 99.3 cm³/mol. The molecule has 2 saturated carbocycles.